The third-order valence-electron chi connectivity index (χ3n) is 5.86. The lowest BCUT2D eigenvalue weighted by atomic mass is 9.92. The number of imidazole rings is 1. The largest absolute Gasteiger partial charge is 0.479 e. The lowest BCUT2D eigenvalue weighted by molar-refractivity contribution is -0.191. The molecule has 1 saturated heterocycles. The van der Waals surface area contributed by atoms with E-state index in [0.717, 1.165) is 0 Å². The minimum atomic E-state index is -2.83. The van der Waals surface area contributed by atoms with E-state index in [1.807, 2.05) is 5.92 Å². The van der Waals surface area contributed by atoms with Gasteiger partial charge in [0.15, 0.2) is 23.3 Å². The Labute approximate surface area is 217 Å². The van der Waals surface area contributed by atoms with E-state index in [4.69, 9.17) is 44.8 Å². The predicted octanol–water partition coefficient (Wildman–Crippen LogP) is -0.0998. The Morgan fingerprint density at radius 3 is 2.62 bits per heavy atom. The van der Waals surface area contributed by atoms with Crippen molar-refractivity contribution in [1.82, 2.24) is 24.5 Å². The van der Waals surface area contributed by atoms with Gasteiger partial charge in [-0.25, -0.2) is 19.6 Å². The highest BCUT2D eigenvalue weighted by molar-refractivity contribution is 6.29. The van der Waals surface area contributed by atoms with Gasteiger partial charge in [-0.05, 0) is 29.3 Å². The number of hydrogen-bond donors (Lipinski definition) is 5. The number of nitrogen functional groups attached to an aromatic ring is 1. The van der Waals surface area contributed by atoms with E-state index in [1.54, 1.807) is 0 Å². The highest BCUT2D eigenvalue weighted by atomic mass is 35.5. The van der Waals surface area contributed by atoms with E-state index >= 15 is 0 Å². The molecule has 4 rings (SSSR count). The average molecular weight is 553 g/mol. The zero-order valence-corrected chi connectivity index (χ0v) is 20.0. The van der Waals surface area contributed by atoms with Gasteiger partial charge >= 0.3 is 11.9 Å². The van der Waals surface area contributed by atoms with Crippen molar-refractivity contribution in [3.63, 3.8) is 0 Å². The summed E-state index contributed by atoms with van der Waals surface area (Å²) in [7, 11) is 0. The molecule has 14 nitrogen and oxygen atoms in total. The van der Waals surface area contributed by atoms with Crippen LogP contribution in [0.5, 0.6) is 0 Å². The number of aliphatic carboxylic acids is 2. The van der Waals surface area contributed by atoms with Crippen molar-refractivity contribution in [2.75, 3.05) is 12.3 Å². The fraction of sp³-hybridized carbons (Fsp3) is 0.333. The molecule has 1 aliphatic heterocycles. The number of hydrogen-bond acceptors (Lipinski definition) is 11. The fourth-order valence-electron chi connectivity index (χ4n) is 3.89. The molecule has 0 aliphatic carbocycles. The van der Waals surface area contributed by atoms with Crippen molar-refractivity contribution in [3.8, 4) is 12.3 Å². The van der Waals surface area contributed by atoms with Crippen LogP contribution in [-0.4, -0.2) is 86.9 Å². The van der Waals surface area contributed by atoms with Gasteiger partial charge in [-0.3, -0.25) is 4.57 Å². The van der Waals surface area contributed by atoms with Gasteiger partial charge in [0.2, 0.25) is 5.28 Å². The van der Waals surface area contributed by atoms with Crippen molar-refractivity contribution in [3.05, 3.63) is 40.7 Å². The molecule has 4 atom stereocenters. The van der Waals surface area contributed by atoms with Gasteiger partial charge in [0.05, 0.1) is 12.9 Å². The van der Waals surface area contributed by atoms with Gasteiger partial charge in [0, 0.05) is 12.6 Å². The van der Waals surface area contributed by atoms with Crippen LogP contribution < -0.4 is 5.73 Å². The Bertz CT molecular complexity index is 1410. The number of aliphatic hydroxyl groups excluding tert-OH is 1. The number of aromatic nitrogens is 5. The van der Waals surface area contributed by atoms with Crippen molar-refractivity contribution < 1.29 is 39.5 Å². The van der Waals surface area contributed by atoms with Crippen LogP contribution >= 0.6 is 23.2 Å². The molecule has 16 heteroatoms. The number of nitrogens with zero attached hydrogens (tertiary/aromatic N) is 5. The predicted molar refractivity (Wildman–Crippen MR) is 125 cm³/mol. The first-order valence-corrected chi connectivity index (χ1v) is 11.1. The van der Waals surface area contributed by atoms with Crippen LogP contribution in [0.25, 0.3) is 11.2 Å². The van der Waals surface area contributed by atoms with Crippen LogP contribution in [0.2, 0.25) is 10.4 Å². The monoisotopic (exact) mass is 552 g/mol. The molecular weight excluding hydrogens is 535 g/mol. The van der Waals surface area contributed by atoms with Gasteiger partial charge in [-0.15, -0.1) is 6.42 Å². The van der Waals surface area contributed by atoms with Crippen molar-refractivity contribution in [2.24, 2.45) is 0 Å². The molecule has 0 bridgehead atoms. The number of nitrogens with two attached hydrogens (primary N) is 1. The van der Waals surface area contributed by atoms with E-state index in [0.29, 0.717) is 0 Å². The van der Waals surface area contributed by atoms with Crippen LogP contribution in [0.1, 0.15) is 11.8 Å². The molecule has 1 aliphatic rings. The van der Waals surface area contributed by atoms with Crippen LogP contribution in [0.4, 0.5) is 5.82 Å². The minimum absolute atomic E-state index is 0.00563. The summed E-state index contributed by atoms with van der Waals surface area (Å²) >= 11 is 11.7. The SMILES string of the molecule is C#C[C@@]1(O)[C@@H](COC(Cc2ccnc(Cl)c2)(C(=O)O)C(=O)O)OC(n2cnc3c(N)nc(Cl)nc32)[C@@H]1O. The first-order valence-electron chi connectivity index (χ1n) is 10.3. The van der Waals surface area contributed by atoms with Gasteiger partial charge in [-0.2, -0.15) is 9.97 Å². The number of carboxylic acid groups (broad SMARTS) is 2. The number of pyridine rings is 1. The van der Waals surface area contributed by atoms with Crippen molar-refractivity contribution in [1.29, 1.82) is 0 Å². The van der Waals surface area contributed by atoms with Crippen LogP contribution in [0.15, 0.2) is 24.7 Å². The molecule has 0 aromatic carbocycles. The summed E-state index contributed by atoms with van der Waals surface area (Å²) in [5, 5.41) is 41.3. The lowest BCUT2D eigenvalue weighted by Crippen LogP contribution is -2.55. The molecule has 0 saturated carbocycles. The van der Waals surface area contributed by atoms with Crippen LogP contribution in [0.3, 0.4) is 0 Å². The molecule has 6 N–H and O–H groups in total. The zero-order chi connectivity index (χ0) is 27.1. The molecule has 3 aromatic rings. The number of ether oxygens (including phenoxy) is 2. The molecule has 0 radical (unpaired) electrons. The summed E-state index contributed by atoms with van der Waals surface area (Å²) in [6.45, 7) is -0.851. The number of rotatable bonds is 8. The third-order valence-corrected chi connectivity index (χ3v) is 6.23. The number of carbonyl (C=O) groups is 2. The second-order valence-electron chi connectivity index (χ2n) is 8.04. The first kappa shape index (κ1) is 26.5. The maximum Gasteiger partial charge on any atom is 0.348 e. The molecule has 1 fully saturated rings. The summed E-state index contributed by atoms with van der Waals surface area (Å²) in [5.74, 6) is -1.72. The smallest absolute Gasteiger partial charge is 0.348 e. The molecular formula is C21H18Cl2N6O8. The normalized spacial score (nSPS) is 23.7. The maximum absolute atomic E-state index is 12.1. The molecule has 4 heterocycles. The summed E-state index contributed by atoms with van der Waals surface area (Å²) in [5.41, 5.74) is 0.888. The topological polar surface area (TPSA) is 216 Å². The fourth-order valence-corrected chi connectivity index (χ4v) is 4.26. The Morgan fingerprint density at radius 1 is 1.30 bits per heavy atom. The molecule has 0 amide bonds. The van der Waals surface area contributed by atoms with Gasteiger partial charge in [-0.1, -0.05) is 17.5 Å². The zero-order valence-electron chi connectivity index (χ0n) is 18.5. The molecule has 194 valence electrons. The number of anilines is 1. The molecule has 0 spiro atoms. The quantitative estimate of drug-likeness (QED) is 0.107. The van der Waals surface area contributed by atoms with Crippen molar-refractivity contribution in [2.45, 2.75) is 36.1 Å². The number of terminal acetylenes is 1. The number of halogens is 2. The second kappa shape index (κ2) is 9.71. The Kier molecular flexibility index (Phi) is 6.95. The molecule has 3 aromatic heterocycles. The maximum atomic E-state index is 12.1. The summed E-state index contributed by atoms with van der Waals surface area (Å²) in [6.07, 6.45) is 2.44. The molecule has 1 unspecified atom stereocenters. The lowest BCUT2D eigenvalue weighted by Gasteiger charge is -2.30. The first-order chi connectivity index (χ1) is 17.4. The standard InChI is InChI=1S/C21H18Cl2N6O8/c1-2-20(35)10(7-36-21(17(31)32,18(33)34)6-9-3-4-25-11(22)5-9)37-16(13(20)30)29-8-26-12-14(24)27-19(23)28-15(12)29/h1,3-5,8,10,13,16,30,35H,6-7H2,(H,31,32)(H,33,34)(H2,24,27,28)/t10-,13+,16?,20-/m1/s1. The summed E-state index contributed by atoms with van der Waals surface area (Å²) < 4.78 is 12.3. The van der Waals surface area contributed by atoms with E-state index in [1.165, 1.54) is 29.2 Å². The highest BCUT2D eigenvalue weighted by Gasteiger charge is 2.58. The molecule has 37 heavy (non-hydrogen) atoms. The van der Waals surface area contributed by atoms with Crippen LogP contribution in [-0.2, 0) is 25.5 Å². The minimum Gasteiger partial charge on any atom is -0.479 e. The van der Waals surface area contributed by atoms with E-state index in [-0.39, 0.29) is 33.0 Å². The Balaban J connectivity index is 1.66. The van der Waals surface area contributed by atoms with Gasteiger partial charge in [0.25, 0.3) is 5.60 Å². The summed E-state index contributed by atoms with van der Waals surface area (Å²) in [6, 6.07) is 2.64. The highest BCUT2D eigenvalue weighted by Crippen LogP contribution is 2.39. The number of carboxylic acids is 2. The van der Waals surface area contributed by atoms with Gasteiger partial charge < -0.3 is 35.6 Å². The van der Waals surface area contributed by atoms with E-state index in [9.17, 15) is 30.0 Å². The summed E-state index contributed by atoms with van der Waals surface area (Å²) in [4.78, 5) is 39.8. The average Bonchev–Trinajstić information content (AvgIpc) is 3.35. The Morgan fingerprint density at radius 2 is 2.00 bits per heavy atom. The van der Waals surface area contributed by atoms with Crippen LogP contribution in [0, 0.1) is 12.3 Å². The number of aliphatic hydroxyl groups is 2. The second-order valence-corrected chi connectivity index (χ2v) is 8.77. The third kappa shape index (κ3) is 4.53. The van der Waals surface area contributed by atoms with Crippen molar-refractivity contribution >= 4 is 52.1 Å². The number of fused-ring (bicyclic) bond motifs is 1. The van der Waals surface area contributed by atoms with E-state index < -0.39 is 54.6 Å². The Hall–Kier alpha value is -3.58. The van der Waals surface area contributed by atoms with Gasteiger partial charge in [0.1, 0.15) is 22.9 Å². The van der Waals surface area contributed by atoms with E-state index in [2.05, 4.69) is 19.9 Å².